The van der Waals surface area contributed by atoms with Crippen LogP contribution in [0.5, 0.6) is 0 Å². The first kappa shape index (κ1) is 17.5. The Bertz CT molecular complexity index is 1010. The number of para-hydroxylation sites is 2. The van der Waals surface area contributed by atoms with Gasteiger partial charge in [0.15, 0.2) is 0 Å². The number of fused-ring (bicyclic) bond motifs is 1. The number of imidazole rings is 1. The van der Waals surface area contributed by atoms with Gasteiger partial charge in [0, 0.05) is 7.05 Å². The van der Waals surface area contributed by atoms with Crippen LogP contribution < -0.4 is 5.32 Å². The third-order valence-corrected chi connectivity index (χ3v) is 3.92. The average Bonchev–Trinajstić information content (AvgIpc) is 3.06. The van der Waals surface area contributed by atoms with Crippen molar-refractivity contribution in [2.24, 2.45) is 7.05 Å². The van der Waals surface area contributed by atoms with Gasteiger partial charge in [-0.15, -0.1) is 0 Å². The second-order valence-corrected chi connectivity index (χ2v) is 5.57. The SMILES string of the molecule is Cc1c([N+](=O)[O-])c(C(F)F)nn1CC(=O)Nc1nc2ccccc2n1C. The van der Waals surface area contributed by atoms with Gasteiger partial charge >= 0.3 is 5.69 Å². The third-order valence-electron chi connectivity index (χ3n) is 3.92. The molecule has 3 rings (SSSR count). The van der Waals surface area contributed by atoms with Crippen LogP contribution in [0.15, 0.2) is 24.3 Å². The molecule has 0 unspecified atom stereocenters. The van der Waals surface area contributed by atoms with Crippen molar-refractivity contribution in [2.45, 2.75) is 19.9 Å². The van der Waals surface area contributed by atoms with Crippen molar-refractivity contribution in [2.75, 3.05) is 5.32 Å². The number of aromatic nitrogens is 4. The maximum atomic E-state index is 12.9. The third kappa shape index (κ3) is 2.98. The first-order valence-electron chi connectivity index (χ1n) is 7.50. The minimum atomic E-state index is -3.11. The quantitative estimate of drug-likeness (QED) is 0.553. The van der Waals surface area contributed by atoms with E-state index in [4.69, 9.17) is 0 Å². The van der Waals surface area contributed by atoms with Crippen LogP contribution in [0.2, 0.25) is 0 Å². The van der Waals surface area contributed by atoms with Crippen LogP contribution in [0.3, 0.4) is 0 Å². The Morgan fingerprint density at radius 3 is 2.65 bits per heavy atom. The van der Waals surface area contributed by atoms with Gasteiger partial charge in [-0.05, 0) is 19.1 Å². The summed E-state index contributed by atoms with van der Waals surface area (Å²) in [7, 11) is 1.71. The first-order chi connectivity index (χ1) is 12.3. The lowest BCUT2D eigenvalue weighted by atomic mass is 10.3. The standard InChI is InChI=1S/C15H14F2N6O3/c1-8-13(23(25)26)12(14(16)17)20-22(8)7-11(24)19-15-18-9-5-3-4-6-10(9)21(15)2/h3-6,14H,7H2,1-2H3,(H,18,19,24). The molecule has 0 bridgehead atoms. The number of amides is 1. The molecule has 0 radical (unpaired) electrons. The Hall–Kier alpha value is -3.37. The number of halogens is 2. The molecule has 0 aliphatic carbocycles. The molecule has 0 spiro atoms. The zero-order valence-electron chi connectivity index (χ0n) is 13.8. The maximum Gasteiger partial charge on any atom is 0.319 e. The van der Waals surface area contributed by atoms with E-state index in [2.05, 4.69) is 15.4 Å². The maximum absolute atomic E-state index is 12.9. The number of aryl methyl sites for hydroxylation is 1. The van der Waals surface area contributed by atoms with E-state index in [1.165, 1.54) is 6.92 Å². The average molecular weight is 364 g/mol. The monoisotopic (exact) mass is 364 g/mol. The molecule has 2 aromatic heterocycles. The number of anilines is 1. The molecule has 0 atom stereocenters. The second kappa shape index (κ2) is 6.50. The van der Waals surface area contributed by atoms with Crippen molar-refractivity contribution in [1.82, 2.24) is 19.3 Å². The molecule has 0 saturated carbocycles. The molecule has 11 heteroatoms. The van der Waals surface area contributed by atoms with E-state index in [-0.39, 0.29) is 11.6 Å². The summed E-state index contributed by atoms with van der Waals surface area (Å²) in [5.74, 6) is -0.325. The lowest BCUT2D eigenvalue weighted by molar-refractivity contribution is -0.386. The van der Waals surface area contributed by atoms with Crippen LogP contribution >= 0.6 is 0 Å². The number of nitrogens with zero attached hydrogens (tertiary/aromatic N) is 5. The second-order valence-electron chi connectivity index (χ2n) is 5.57. The Morgan fingerprint density at radius 2 is 2.08 bits per heavy atom. The number of hydrogen-bond acceptors (Lipinski definition) is 5. The van der Waals surface area contributed by atoms with Gasteiger partial charge in [0.1, 0.15) is 12.2 Å². The van der Waals surface area contributed by atoms with Crippen molar-refractivity contribution in [3.63, 3.8) is 0 Å². The molecular weight excluding hydrogens is 350 g/mol. The van der Waals surface area contributed by atoms with Crippen molar-refractivity contribution >= 4 is 28.6 Å². The molecule has 0 saturated heterocycles. The molecule has 9 nitrogen and oxygen atoms in total. The van der Waals surface area contributed by atoms with Crippen molar-refractivity contribution in [3.05, 3.63) is 45.8 Å². The topological polar surface area (TPSA) is 108 Å². The summed E-state index contributed by atoms with van der Waals surface area (Å²) < 4.78 is 28.4. The molecule has 1 N–H and O–H groups in total. The highest BCUT2D eigenvalue weighted by molar-refractivity contribution is 5.91. The van der Waals surface area contributed by atoms with E-state index in [1.54, 1.807) is 23.7 Å². The largest absolute Gasteiger partial charge is 0.319 e. The number of nitro groups is 1. The number of rotatable bonds is 5. The summed E-state index contributed by atoms with van der Waals surface area (Å²) in [5, 5.41) is 17.1. The minimum Gasteiger partial charge on any atom is -0.313 e. The van der Waals surface area contributed by atoms with Crippen LogP contribution in [0.1, 0.15) is 17.8 Å². The highest BCUT2D eigenvalue weighted by Gasteiger charge is 2.31. The highest BCUT2D eigenvalue weighted by Crippen LogP contribution is 2.30. The summed E-state index contributed by atoms with van der Waals surface area (Å²) in [6.45, 7) is 0.807. The van der Waals surface area contributed by atoms with Gasteiger partial charge < -0.3 is 4.57 Å². The highest BCUT2D eigenvalue weighted by atomic mass is 19.3. The molecule has 26 heavy (non-hydrogen) atoms. The summed E-state index contributed by atoms with van der Waals surface area (Å²) >= 11 is 0. The van der Waals surface area contributed by atoms with Crippen molar-refractivity contribution in [3.8, 4) is 0 Å². The van der Waals surface area contributed by atoms with Crippen LogP contribution in [-0.2, 0) is 18.4 Å². The van der Waals surface area contributed by atoms with Crippen LogP contribution in [0, 0.1) is 17.0 Å². The molecule has 1 aromatic carbocycles. The predicted molar refractivity (Wildman–Crippen MR) is 87.9 cm³/mol. The van der Waals surface area contributed by atoms with Gasteiger partial charge in [-0.2, -0.15) is 5.10 Å². The van der Waals surface area contributed by atoms with Gasteiger partial charge in [0.25, 0.3) is 6.43 Å². The fourth-order valence-corrected chi connectivity index (χ4v) is 2.64. The first-order valence-corrected chi connectivity index (χ1v) is 7.50. The van der Waals surface area contributed by atoms with Gasteiger partial charge in [0.05, 0.1) is 16.0 Å². The van der Waals surface area contributed by atoms with E-state index in [0.29, 0.717) is 5.52 Å². The fraction of sp³-hybridized carbons (Fsp3) is 0.267. The van der Waals surface area contributed by atoms with Crippen molar-refractivity contribution < 1.29 is 18.5 Å². The van der Waals surface area contributed by atoms with Crippen LogP contribution in [0.4, 0.5) is 20.4 Å². The van der Waals surface area contributed by atoms with Crippen LogP contribution in [-0.4, -0.2) is 30.2 Å². The molecule has 3 aromatic rings. The lowest BCUT2D eigenvalue weighted by Gasteiger charge is -2.06. The zero-order valence-corrected chi connectivity index (χ0v) is 13.8. The predicted octanol–water partition coefficient (Wildman–Crippen LogP) is 2.56. The van der Waals surface area contributed by atoms with Crippen molar-refractivity contribution in [1.29, 1.82) is 0 Å². The number of carbonyl (C=O) groups excluding carboxylic acids is 1. The molecule has 2 heterocycles. The minimum absolute atomic E-state index is 0.120. The fourth-order valence-electron chi connectivity index (χ4n) is 2.64. The number of alkyl halides is 2. The molecule has 0 aliphatic heterocycles. The van der Waals surface area contributed by atoms with E-state index >= 15 is 0 Å². The molecular formula is C15H14F2N6O3. The molecule has 0 fully saturated rings. The number of benzene rings is 1. The van der Waals surface area contributed by atoms with Gasteiger partial charge in [-0.1, -0.05) is 12.1 Å². The molecule has 1 amide bonds. The van der Waals surface area contributed by atoms with Gasteiger partial charge in [0.2, 0.25) is 17.5 Å². The van der Waals surface area contributed by atoms with E-state index in [0.717, 1.165) is 10.2 Å². The number of nitrogens with one attached hydrogen (secondary N) is 1. The summed E-state index contributed by atoms with van der Waals surface area (Å²) in [6.07, 6.45) is -3.11. The Kier molecular flexibility index (Phi) is 4.36. The van der Waals surface area contributed by atoms with Gasteiger partial charge in [-0.25, -0.2) is 13.8 Å². The molecule has 0 aliphatic rings. The van der Waals surface area contributed by atoms with Crippen LogP contribution in [0.25, 0.3) is 11.0 Å². The number of hydrogen-bond donors (Lipinski definition) is 1. The summed E-state index contributed by atoms with van der Waals surface area (Å²) in [5.41, 5.74) is -0.381. The van der Waals surface area contributed by atoms with E-state index < -0.39 is 35.2 Å². The Balaban J connectivity index is 1.85. The Labute approximate surface area is 145 Å². The summed E-state index contributed by atoms with van der Waals surface area (Å²) in [6, 6.07) is 7.24. The van der Waals surface area contributed by atoms with E-state index in [9.17, 15) is 23.7 Å². The van der Waals surface area contributed by atoms with Gasteiger partial charge in [-0.3, -0.25) is 24.9 Å². The molecule has 136 valence electrons. The normalized spacial score (nSPS) is 11.3. The zero-order chi connectivity index (χ0) is 19.0. The van der Waals surface area contributed by atoms with E-state index in [1.807, 2.05) is 12.1 Å². The summed E-state index contributed by atoms with van der Waals surface area (Å²) in [4.78, 5) is 26.6. The lowest BCUT2D eigenvalue weighted by Crippen LogP contribution is -2.22. The smallest absolute Gasteiger partial charge is 0.313 e. The number of carbonyl (C=O) groups is 1. The Morgan fingerprint density at radius 1 is 1.38 bits per heavy atom.